The zero-order valence-corrected chi connectivity index (χ0v) is 21.2. The summed E-state index contributed by atoms with van der Waals surface area (Å²) < 4.78 is 0. The highest BCUT2D eigenvalue weighted by atomic mass is 16.1. The van der Waals surface area contributed by atoms with E-state index in [2.05, 4.69) is 36.9 Å². The summed E-state index contributed by atoms with van der Waals surface area (Å²) in [6, 6.07) is 23.0. The Bertz CT molecular complexity index is 1650. The first-order chi connectivity index (χ1) is 19.2. The van der Waals surface area contributed by atoms with Crippen LogP contribution in [0.25, 0.3) is 22.2 Å². The van der Waals surface area contributed by atoms with Crippen LogP contribution in [-0.4, -0.2) is 51.9 Å². The fourth-order valence-corrected chi connectivity index (χ4v) is 4.79. The molecule has 0 atom stereocenters. The third-order valence-corrected chi connectivity index (χ3v) is 6.99. The van der Waals surface area contributed by atoms with Gasteiger partial charge in [0.2, 0.25) is 0 Å². The van der Waals surface area contributed by atoms with E-state index in [1.807, 2.05) is 42.6 Å². The largest absolute Gasteiger partial charge is 0.352 e. The standard InChI is InChI=1S/C31H25N7O/c32-19-23-3-7-25(8-4-23)29(39)17-22-1-5-24(6-2-22)26-9-10-27-28(18-26)36-31(21-35-27)38-15-13-37(14-16-38)30-20-33-11-12-34-30/h1-12,18,20-21H,13-17H2. The number of hydrogen-bond acceptors (Lipinski definition) is 8. The summed E-state index contributed by atoms with van der Waals surface area (Å²) in [5.74, 6) is 1.80. The maximum absolute atomic E-state index is 12.7. The van der Waals surface area contributed by atoms with E-state index in [4.69, 9.17) is 10.2 Å². The van der Waals surface area contributed by atoms with Crippen LogP contribution in [0.2, 0.25) is 0 Å². The molecule has 1 aliphatic rings. The normalized spacial score (nSPS) is 13.3. The predicted octanol–water partition coefficient (Wildman–Crippen LogP) is 4.71. The number of fused-ring (bicyclic) bond motifs is 1. The van der Waals surface area contributed by atoms with Gasteiger partial charge in [-0.3, -0.25) is 14.8 Å². The average molecular weight is 512 g/mol. The van der Waals surface area contributed by atoms with Gasteiger partial charge in [0.05, 0.1) is 35.1 Å². The summed E-state index contributed by atoms with van der Waals surface area (Å²) in [4.78, 5) is 35.3. The summed E-state index contributed by atoms with van der Waals surface area (Å²) in [6.45, 7) is 3.36. The number of anilines is 2. The Morgan fingerprint density at radius 2 is 1.49 bits per heavy atom. The van der Waals surface area contributed by atoms with Crippen molar-refractivity contribution in [3.05, 3.63) is 108 Å². The number of aromatic nitrogens is 4. The van der Waals surface area contributed by atoms with Crippen molar-refractivity contribution in [2.45, 2.75) is 6.42 Å². The van der Waals surface area contributed by atoms with Crippen LogP contribution in [0.1, 0.15) is 21.5 Å². The maximum Gasteiger partial charge on any atom is 0.167 e. The topological polar surface area (TPSA) is 98.9 Å². The van der Waals surface area contributed by atoms with Crippen molar-refractivity contribution >= 4 is 28.5 Å². The van der Waals surface area contributed by atoms with Crippen molar-refractivity contribution in [1.82, 2.24) is 19.9 Å². The zero-order chi connectivity index (χ0) is 26.6. The van der Waals surface area contributed by atoms with Gasteiger partial charge in [-0.15, -0.1) is 0 Å². The Balaban J connectivity index is 1.15. The zero-order valence-electron chi connectivity index (χ0n) is 21.2. The van der Waals surface area contributed by atoms with Crippen LogP contribution in [0.3, 0.4) is 0 Å². The summed E-state index contributed by atoms with van der Waals surface area (Å²) in [7, 11) is 0. The number of ketones is 1. The molecule has 6 rings (SSSR count). The van der Waals surface area contributed by atoms with Crippen LogP contribution in [0.15, 0.2) is 91.5 Å². The van der Waals surface area contributed by atoms with Crippen LogP contribution >= 0.6 is 0 Å². The number of rotatable bonds is 6. The molecule has 0 amide bonds. The van der Waals surface area contributed by atoms with Gasteiger partial charge in [0.25, 0.3) is 0 Å². The van der Waals surface area contributed by atoms with Crippen LogP contribution in [0.4, 0.5) is 11.6 Å². The average Bonchev–Trinajstić information content (AvgIpc) is 3.01. The number of carbonyl (C=O) groups is 1. The summed E-state index contributed by atoms with van der Waals surface area (Å²) >= 11 is 0. The van der Waals surface area contributed by atoms with Crippen LogP contribution in [0.5, 0.6) is 0 Å². The molecule has 3 aromatic carbocycles. The molecule has 0 saturated carbocycles. The third kappa shape index (κ3) is 5.29. The first kappa shape index (κ1) is 24.2. The number of nitrogens with zero attached hydrogens (tertiary/aromatic N) is 7. The van der Waals surface area contributed by atoms with Crippen molar-refractivity contribution in [1.29, 1.82) is 5.26 Å². The second-order valence-electron chi connectivity index (χ2n) is 9.46. The summed E-state index contributed by atoms with van der Waals surface area (Å²) in [5, 5.41) is 8.95. The van der Waals surface area contributed by atoms with Gasteiger partial charge in [-0.05, 0) is 41.0 Å². The Morgan fingerprint density at radius 1 is 0.769 bits per heavy atom. The maximum atomic E-state index is 12.7. The number of hydrogen-bond donors (Lipinski definition) is 0. The molecule has 0 N–H and O–H groups in total. The van der Waals surface area contributed by atoms with Gasteiger partial charge >= 0.3 is 0 Å². The van der Waals surface area contributed by atoms with Crippen LogP contribution < -0.4 is 9.80 Å². The van der Waals surface area contributed by atoms with Crippen molar-refractivity contribution in [3.8, 4) is 17.2 Å². The molecule has 0 radical (unpaired) electrons. The molecule has 8 heteroatoms. The lowest BCUT2D eigenvalue weighted by atomic mass is 9.99. The highest BCUT2D eigenvalue weighted by Gasteiger charge is 2.20. The number of nitriles is 1. The van der Waals surface area contributed by atoms with Crippen molar-refractivity contribution < 1.29 is 4.79 Å². The number of benzene rings is 3. The molecule has 2 aromatic heterocycles. The van der Waals surface area contributed by atoms with E-state index in [1.165, 1.54) is 0 Å². The number of piperazine rings is 1. The molecule has 1 saturated heterocycles. The minimum atomic E-state index is 0.0262. The molecular weight excluding hydrogens is 486 g/mol. The molecule has 0 unspecified atom stereocenters. The van der Waals surface area contributed by atoms with E-state index in [1.54, 1.807) is 42.9 Å². The minimum absolute atomic E-state index is 0.0262. The summed E-state index contributed by atoms with van der Waals surface area (Å²) in [6.07, 6.45) is 7.36. The van der Waals surface area contributed by atoms with Gasteiger partial charge in [-0.2, -0.15) is 5.26 Å². The van der Waals surface area contributed by atoms with Crippen LogP contribution in [0, 0.1) is 11.3 Å². The molecule has 5 aromatic rings. The first-order valence-corrected chi connectivity index (χ1v) is 12.8. The molecule has 190 valence electrons. The monoisotopic (exact) mass is 511 g/mol. The minimum Gasteiger partial charge on any atom is -0.352 e. The van der Waals surface area contributed by atoms with E-state index in [-0.39, 0.29) is 5.78 Å². The second kappa shape index (κ2) is 10.7. The quantitative estimate of drug-likeness (QED) is 0.302. The van der Waals surface area contributed by atoms with E-state index < -0.39 is 0 Å². The van der Waals surface area contributed by atoms with Gasteiger partial charge in [-0.1, -0.05) is 42.5 Å². The first-order valence-electron chi connectivity index (χ1n) is 12.8. The molecule has 8 nitrogen and oxygen atoms in total. The van der Waals surface area contributed by atoms with Gasteiger partial charge in [0, 0.05) is 50.6 Å². The molecule has 1 fully saturated rings. The second-order valence-corrected chi connectivity index (χ2v) is 9.46. The SMILES string of the molecule is N#Cc1ccc(C(=O)Cc2ccc(-c3ccc4ncc(N5CCN(c6cnccn6)CC5)nc4c3)cc2)cc1. The molecule has 0 spiro atoms. The summed E-state index contributed by atoms with van der Waals surface area (Å²) in [5.41, 5.74) is 5.90. The number of carbonyl (C=O) groups excluding carboxylic acids is 1. The Labute approximate surface area is 226 Å². The number of Topliss-reactive ketones (excluding diaryl/α,β-unsaturated/α-hetero) is 1. The van der Waals surface area contributed by atoms with Gasteiger partial charge in [0.15, 0.2) is 5.78 Å². The molecule has 0 bridgehead atoms. The van der Waals surface area contributed by atoms with Crippen LogP contribution in [-0.2, 0) is 6.42 Å². The molecule has 1 aliphatic heterocycles. The Morgan fingerprint density at radius 3 is 2.18 bits per heavy atom. The van der Waals surface area contributed by atoms with E-state index in [9.17, 15) is 4.79 Å². The highest BCUT2D eigenvalue weighted by molar-refractivity contribution is 5.97. The van der Waals surface area contributed by atoms with E-state index in [0.717, 1.165) is 65.5 Å². The van der Waals surface area contributed by atoms with E-state index >= 15 is 0 Å². The predicted molar refractivity (Wildman–Crippen MR) is 151 cm³/mol. The lowest BCUT2D eigenvalue weighted by molar-refractivity contribution is 0.0993. The van der Waals surface area contributed by atoms with Crippen molar-refractivity contribution in [3.63, 3.8) is 0 Å². The lowest BCUT2D eigenvalue weighted by Gasteiger charge is -2.35. The van der Waals surface area contributed by atoms with Gasteiger partial charge in [0.1, 0.15) is 11.6 Å². The van der Waals surface area contributed by atoms with Crippen molar-refractivity contribution in [2.75, 3.05) is 36.0 Å². The Kier molecular flexibility index (Phi) is 6.62. The highest BCUT2D eigenvalue weighted by Crippen LogP contribution is 2.25. The molecule has 39 heavy (non-hydrogen) atoms. The van der Waals surface area contributed by atoms with Gasteiger partial charge < -0.3 is 9.80 Å². The molecule has 0 aliphatic carbocycles. The fraction of sp³-hybridized carbons (Fsp3) is 0.161. The molecule has 3 heterocycles. The third-order valence-electron chi connectivity index (χ3n) is 6.99. The lowest BCUT2D eigenvalue weighted by Crippen LogP contribution is -2.47. The van der Waals surface area contributed by atoms with Gasteiger partial charge in [-0.25, -0.2) is 9.97 Å². The fourth-order valence-electron chi connectivity index (χ4n) is 4.79. The Hall–Kier alpha value is -5.16. The van der Waals surface area contributed by atoms with E-state index in [0.29, 0.717) is 17.5 Å². The molecular formula is C31H25N7O. The van der Waals surface area contributed by atoms with Crippen molar-refractivity contribution in [2.24, 2.45) is 0 Å². The smallest absolute Gasteiger partial charge is 0.167 e.